The molecule has 0 amide bonds. The maximum absolute atomic E-state index is 6.06. The molecule has 1 fully saturated rings. The average Bonchev–Trinajstić information content (AvgIpc) is 2.77. The second-order valence-electron chi connectivity index (χ2n) is 5.68. The molecule has 1 aliphatic rings. The first-order valence-corrected chi connectivity index (χ1v) is 6.88. The summed E-state index contributed by atoms with van der Waals surface area (Å²) in [5.74, 6) is 1.61. The molecule has 0 spiro atoms. The molecule has 1 aliphatic heterocycles. The summed E-state index contributed by atoms with van der Waals surface area (Å²) >= 11 is 0. The van der Waals surface area contributed by atoms with Gasteiger partial charge in [0.25, 0.3) is 0 Å². The van der Waals surface area contributed by atoms with Gasteiger partial charge in [-0.15, -0.1) is 0 Å². The lowest BCUT2D eigenvalue weighted by Crippen LogP contribution is -2.27. The normalized spacial score (nSPS) is 20.1. The van der Waals surface area contributed by atoms with Gasteiger partial charge in [-0.25, -0.2) is 0 Å². The van der Waals surface area contributed by atoms with Gasteiger partial charge in [0.05, 0.1) is 7.11 Å². The standard InChI is InChI=1S/C15H25N3O/c1-17-7-6-12(9-17)10-18(2)11-13-4-5-14(19-3)8-15(13)16/h4-5,8,12H,6-7,9-11,16H2,1-3H3. The molecule has 0 aliphatic carbocycles. The van der Waals surface area contributed by atoms with E-state index >= 15 is 0 Å². The van der Waals surface area contributed by atoms with Crippen molar-refractivity contribution < 1.29 is 4.74 Å². The van der Waals surface area contributed by atoms with Crippen LogP contribution in [0.1, 0.15) is 12.0 Å². The zero-order chi connectivity index (χ0) is 13.8. The molecule has 106 valence electrons. The van der Waals surface area contributed by atoms with Crippen LogP contribution in [-0.4, -0.2) is 50.6 Å². The number of nitrogens with zero attached hydrogens (tertiary/aromatic N) is 2. The van der Waals surface area contributed by atoms with E-state index < -0.39 is 0 Å². The van der Waals surface area contributed by atoms with E-state index in [-0.39, 0.29) is 0 Å². The number of hydrogen-bond donors (Lipinski definition) is 1. The summed E-state index contributed by atoms with van der Waals surface area (Å²) in [6, 6.07) is 5.93. The number of likely N-dealkylation sites (tertiary alicyclic amines) is 1. The number of rotatable bonds is 5. The van der Waals surface area contributed by atoms with E-state index in [0.717, 1.165) is 30.4 Å². The monoisotopic (exact) mass is 263 g/mol. The molecule has 0 radical (unpaired) electrons. The minimum atomic E-state index is 0.787. The lowest BCUT2D eigenvalue weighted by Gasteiger charge is -2.21. The second kappa shape index (κ2) is 6.26. The van der Waals surface area contributed by atoms with Crippen LogP contribution in [0.4, 0.5) is 5.69 Å². The lowest BCUT2D eigenvalue weighted by molar-refractivity contribution is 0.267. The topological polar surface area (TPSA) is 41.7 Å². The van der Waals surface area contributed by atoms with Gasteiger partial charge in [-0.05, 0) is 44.6 Å². The highest BCUT2D eigenvalue weighted by Crippen LogP contribution is 2.22. The molecule has 1 unspecified atom stereocenters. The van der Waals surface area contributed by atoms with Crippen LogP contribution < -0.4 is 10.5 Å². The van der Waals surface area contributed by atoms with Crippen molar-refractivity contribution in [1.82, 2.24) is 9.80 Å². The maximum atomic E-state index is 6.06. The zero-order valence-electron chi connectivity index (χ0n) is 12.2. The third kappa shape index (κ3) is 3.85. The number of hydrogen-bond acceptors (Lipinski definition) is 4. The molecule has 4 heteroatoms. The molecule has 0 saturated carbocycles. The largest absolute Gasteiger partial charge is 0.497 e. The SMILES string of the molecule is COc1ccc(CN(C)CC2CCN(C)C2)c(N)c1. The number of methoxy groups -OCH3 is 1. The van der Waals surface area contributed by atoms with Gasteiger partial charge in [0.15, 0.2) is 0 Å². The summed E-state index contributed by atoms with van der Waals surface area (Å²) in [6.07, 6.45) is 1.30. The molecule has 2 N–H and O–H groups in total. The first-order valence-electron chi connectivity index (χ1n) is 6.88. The predicted octanol–water partition coefficient (Wildman–Crippen LogP) is 1.66. The van der Waals surface area contributed by atoms with E-state index in [9.17, 15) is 0 Å². The molecule has 0 aromatic heterocycles. The first kappa shape index (κ1) is 14.2. The highest BCUT2D eigenvalue weighted by atomic mass is 16.5. The van der Waals surface area contributed by atoms with Gasteiger partial charge >= 0.3 is 0 Å². The molecule has 1 heterocycles. The van der Waals surface area contributed by atoms with Crippen LogP contribution in [0.25, 0.3) is 0 Å². The molecule has 19 heavy (non-hydrogen) atoms. The Labute approximate surface area is 116 Å². The Morgan fingerprint density at radius 2 is 2.26 bits per heavy atom. The third-order valence-electron chi connectivity index (χ3n) is 3.85. The van der Waals surface area contributed by atoms with Gasteiger partial charge in [0.2, 0.25) is 0 Å². The molecular formula is C15H25N3O. The smallest absolute Gasteiger partial charge is 0.120 e. The van der Waals surface area contributed by atoms with E-state index in [1.165, 1.54) is 25.1 Å². The van der Waals surface area contributed by atoms with Gasteiger partial charge in [-0.3, -0.25) is 0 Å². The van der Waals surface area contributed by atoms with Crippen molar-refractivity contribution in [2.24, 2.45) is 5.92 Å². The van der Waals surface area contributed by atoms with Crippen LogP contribution >= 0.6 is 0 Å². The Kier molecular flexibility index (Phi) is 4.66. The molecule has 0 bridgehead atoms. The van der Waals surface area contributed by atoms with Crippen molar-refractivity contribution in [2.75, 3.05) is 46.6 Å². The molecule has 1 saturated heterocycles. The van der Waals surface area contributed by atoms with Crippen molar-refractivity contribution in [1.29, 1.82) is 0 Å². The van der Waals surface area contributed by atoms with Gasteiger partial charge in [-0.1, -0.05) is 6.07 Å². The molecule has 1 atom stereocenters. The fourth-order valence-electron chi connectivity index (χ4n) is 2.82. The quantitative estimate of drug-likeness (QED) is 0.820. The fourth-order valence-corrected chi connectivity index (χ4v) is 2.82. The summed E-state index contributed by atoms with van der Waals surface area (Å²) < 4.78 is 5.18. The number of nitrogens with two attached hydrogens (primary N) is 1. The Bertz CT molecular complexity index is 422. The summed E-state index contributed by atoms with van der Waals surface area (Å²) in [5.41, 5.74) is 8.05. The van der Waals surface area contributed by atoms with Gasteiger partial charge < -0.3 is 20.3 Å². The van der Waals surface area contributed by atoms with Crippen molar-refractivity contribution in [2.45, 2.75) is 13.0 Å². The number of benzene rings is 1. The second-order valence-corrected chi connectivity index (χ2v) is 5.68. The number of anilines is 1. The van der Waals surface area contributed by atoms with E-state index in [1.54, 1.807) is 7.11 Å². The Morgan fingerprint density at radius 1 is 1.47 bits per heavy atom. The van der Waals surface area contributed by atoms with Crippen molar-refractivity contribution in [3.8, 4) is 5.75 Å². The Hall–Kier alpha value is -1.26. The summed E-state index contributed by atoms with van der Waals surface area (Å²) in [4.78, 5) is 4.77. The van der Waals surface area contributed by atoms with Crippen LogP contribution in [0.5, 0.6) is 5.75 Å². The van der Waals surface area contributed by atoms with Gasteiger partial charge in [-0.2, -0.15) is 0 Å². The summed E-state index contributed by atoms with van der Waals surface area (Å²) in [5, 5.41) is 0. The third-order valence-corrected chi connectivity index (χ3v) is 3.85. The lowest BCUT2D eigenvalue weighted by atomic mass is 10.1. The first-order chi connectivity index (χ1) is 9.08. The molecular weight excluding hydrogens is 238 g/mol. The number of nitrogen functional groups attached to an aromatic ring is 1. The van der Waals surface area contributed by atoms with Crippen molar-refractivity contribution in [3.63, 3.8) is 0 Å². The summed E-state index contributed by atoms with van der Waals surface area (Å²) in [7, 11) is 6.03. The summed E-state index contributed by atoms with van der Waals surface area (Å²) in [6.45, 7) is 4.47. The van der Waals surface area contributed by atoms with Crippen LogP contribution in [0.15, 0.2) is 18.2 Å². The fraction of sp³-hybridized carbons (Fsp3) is 0.600. The van der Waals surface area contributed by atoms with E-state index in [4.69, 9.17) is 10.5 Å². The minimum absolute atomic E-state index is 0.787. The van der Waals surface area contributed by atoms with Crippen LogP contribution in [-0.2, 0) is 6.54 Å². The van der Waals surface area contributed by atoms with Crippen LogP contribution in [0.3, 0.4) is 0 Å². The molecule has 4 nitrogen and oxygen atoms in total. The van der Waals surface area contributed by atoms with Gasteiger partial charge in [0.1, 0.15) is 5.75 Å². The van der Waals surface area contributed by atoms with Crippen LogP contribution in [0.2, 0.25) is 0 Å². The van der Waals surface area contributed by atoms with E-state index in [0.29, 0.717) is 0 Å². The minimum Gasteiger partial charge on any atom is -0.497 e. The zero-order valence-corrected chi connectivity index (χ0v) is 12.2. The molecule has 2 rings (SSSR count). The van der Waals surface area contributed by atoms with Crippen molar-refractivity contribution >= 4 is 5.69 Å². The average molecular weight is 263 g/mol. The Morgan fingerprint density at radius 3 is 2.84 bits per heavy atom. The number of ether oxygens (including phenoxy) is 1. The van der Waals surface area contributed by atoms with Crippen molar-refractivity contribution in [3.05, 3.63) is 23.8 Å². The van der Waals surface area contributed by atoms with Crippen LogP contribution in [0, 0.1) is 5.92 Å². The highest BCUT2D eigenvalue weighted by Gasteiger charge is 2.20. The predicted molar refractivity (Wildman–Crippen MR) is 79.3 cm³/mol. The maximum Gasteiger partial charge on any atom is 0.120 e. The molecule has 1 aromatic carbocycles. The van der Waals surface area contributed by atoms with Gasteiger partial charge in [0, 0.05) is 31.4 Å². The van der Waals surface area contributed by atoms with E-state index in [2.05, 4.69) is 30.0 Å². The molecule has 1 aromatic rings. The Balaban J connectivity index is 1.89. The van der Waals surface area contributed by atoms with E-state index in [1.807, 2.05) is 12.1 Å². The highest BCUT2D eigenvalue weighted by molar-refractivity contribution is 5.51.